The van der Waals surface area contributed by atoms with E-state index in [1.165, 1.54) is 16.8 Å². The molecule has 1 N–H and O–H groups in total. The van der Waals surface area contributed by atoms with E-state index in [1.54, 1.807) is 0 Å². The molecule has 4 heteroatoms. The van der Waals surface area contributed by atoms with E-state index < -0.39 is 0 Å². The predicted molar refractivity (Wildman–Crippen MR) is 108 cm³/mol. The second-order valence-corrected chi connectivity index (χ2v) is 7.52. The van der Waals surface area contributed by atoms with E-state index >= 15 is 0 Å². The fourth-order valence-corrected chi connectivity index (χ4v) is 4.42. The van der Waals surface area contributed by atoms with Gasteiger partial charge in [0.15, 0.2) is 5.82 Å². The summed E-state index contributed by atoms with van der Waals surface area (Å²) in [6.07, 6.45) is 4.78. The van der Waals surface area contributed by atoms with Crippen molar-refractivity contribution in [3.63, 3.8) is 0 Å². The van der Waals surface area contributed by atoms with E-state index in [0.29, 0.717) is 0 Å². The first-order valence-corrected chi connectivity index (χ1v) is 9.79. The van der Waals surface area contributed by atoms with Crippen LogP contribution in [0.1, 0.15) is 24.5 Å². The van der Waals surface area contributed by atoms with Gasteiger partial charge in [0.2, 0.25) is 6.17 Å². The van der Waals surface area contributed by atoms with Gasteiger partial charge in [0.1, 0.15) is 6.54 Å². The lowest BCUT2D eigenvalue weighted by molar-refractivity contribution is -0.958. The van der Waals surface area contributed by atoms with Gasteiger partial charge in [-0.25, -0.2) is 4.98 Å². The number of rotatable bonds is 3. The predicted octanol–water partition coefficient (Wildman–Crippen LogP) is 4.04. The zero-order valence-corrected chi connectivity index (χ0v) is 15.7. The second-order valence-electron chi connectivity index (χ2n) is 7.52. The van der Waals surface area contributed by atoms with Gasteiger partial charge < -0.3 is 9.88 Å². The molecule has 2 unspecified atom stereocenters. The number of benzene rings is 2. The van der Waals surface area contributed by atoms with Crippen LogP contribution < -0.4 is 5.32 Å². The standard InChI is InChI=1S/C23H25N4/c1-2-27-15-13-20(18-9-5-3-6-10-18)25-23(27)22-24-21(17-26(22)14-16-27)19-11-7-4-8-12-19/h3-13,17,23,25H,2,14-16H2,1H3/q+1. The van der Waals surface area contributed by atoms with Gasteiger partial charge in [-0.1, -0.05) is 60.7 Å². The van der Waals surface area contributed by atoms with Crippen LogP contribution in [-0.4, -0.2) is 33.7 Å². The van der Waals surface area contributed by atoms with E-state index in [0.717, 1.165) is 42.2 Å². The Kier molecular flexibility index (Phi) is 3.87. The molecule has 5 rings (SSSR count). The lowest BCUT2D eigenvalue weighted by atomic mass is 10.1. The molecular weight excluding hydrogens is 332 g/mol. The zero-order valence-electron chi connectivity index (χ0n) is 15.7. The van der Waals surface area contributed by atoms with Crippen LogP contribution in [0.25, 0.3) is 17.0 Å². The summed E-state index contributed by atoms with van der Waals surface area (Å²) >= 11 is 0. The van der Waals surface area contributed by atoms with Crippen molar-refractivity contribution in [2.24, 2.45) is 0 Å². The molecule has 0 spiro atoms. The molecule has 136 valence electrons. The third kappa shape index (κ3) is 2.68. The van der Waals surface area contributed by atoms with Gasteiger partial charge in [-0.05, 0) is 18.6 Å². The van der Waals surface area contributed by atoms with Crippen molar-refractivity contribution in [1.29, 1.82) is 0 Å². The molecule has 0 fully saturated rings. The first-order chi connectivity index (χ1) is 13.3. The van der Waals surface area contributed by atoms with Crippen molar-refractivity contribution in [3.8, 4) is 11.3 Å². The van der Waals surface area contributed by atoms with Crippen LogP contribution in [0.5, 0.6) is 0 Å². The second kappa shape index (κ2) is 6.39. The Morgan fingerprint density at radius 1 is 1.04 bits per heavy atom. The number of nitrogens with one attached hydrogen (secondary N) is 1. The molecule has 2 atom stereocenters. The Bertz CT molecular complexity index is 974. The Balaban J connectivity index is 1.56. The van der Waals surface area contributed by atoms with Crippen LogP contribution in [0, 0.1) is 0 Å². The number of hydrogen-bond acceptors (Lipinski definition) is 2. The minimum absolute atomic E-state index is 0.196. The summed E-state index contributed by atoms with van der Waals surface area (Å²) in [5.74, 6) is 1.16. The molecular formula is C23H25N4+. The maximum atomic E-state index is 5.08. The number of aromatic nitrogens is 2. The van der Waals surface area contributed by atoms with Crippen molar-refractivity contribution >= 4 is 5.70 Å². The molecule has 0 bridgehead atoms. The molecule has 4 nitrogen and oxygen atoms in total. The third-order valence-corrected chi connectivity index (χ3v) is 6.12. The molecule has 0 saturated heterocycles. The molecule has 1 aromatic heterocycles. The van der Waals surface area contributed by atoms with Gasteiger partial charge >= 0.3 is 0 Å². The molecule has 0 saturated carbocycles. The maximum absolute atomic E-state index is 5.08. The summed E-state index contributed by atoms with van der Waals surface area (Å²) in [7, 11) is 0. The first kappa shape index (κ1) is 16.3. The summed E-state index contributed by atoms with van der Waals surface area (Å²) < 4.78 is 3.38. The molecule has 2 aliphatic heterocycles. The van der Waals surface area contributed by atoms with Gasteiger partial charge in [-0.15, -0.1) is 0 Å². The third-order valence-electron chi connectivity index (χ3n) is 6.12. The van der Waals surface area contributed by atoms with E-state index in [4.69, 9.17) is 4.98 Å². The number of quaternary nitrogens is 1. The largest absolute Gasteiger partial charge is 0.329 e. The van der Waals surface area contributed by atoms with Crippen LogP contribution in [0.3, 0.4) is 0 Å². The lowest BCUT2D eigenvalue weighted by Gasteiger charge is -2.49. The van der Waals surface area contributed by atoms with Gasteiger partial charge in [-0.3, -0.25) is 4.48 Å². The summed E-state index contributed by atoms with van der Waals surface area (Å²) in [4.78, 5) is 5.08. The monoisotopic (exact) mass is 357 g/mol. The molecule has 0 amide bonds. The minimum atomic E-state index is 0.196. The highest BCUT2D eigenvalue weighted by Crippen LogP contribution is 2.37. The molecule has 0 aliphatic carbocycles. The number of hydrogen-bond donors (Lipinski definition) is 1. The zero-order chi connectivity index (χ0) is 18.3. The SMILES string of the molecule is CC[N+]12CC=C(c3ccccc3)NC1c1nc(-c3ccccc3)cn1CC2. The van der Waals surface area contributed by atoms with Crippen LogP contribution in [0.15, 0.2) is 72.9 Å². The number of imidazole rings is 1. The molecule has 2 aromatic carbocycles. The lowest BCUT2D eigenvalue weighted by Crippen LogP contribution is -2.61. The summed E-state index contributed by atoms with van der Waals surface area (Å²) in [6, 6.07) is 21.1. The average molecular weight is 357 g/mol. The van der Waals surface area contributed by atoms with E-state index in [1.807, 2.05) is 0 Å². The number of fused-ring (bicyclic) bond motifs is 3. The van der Waals surface area contributed by atoms with Crippen molar-refractivity contribution in [2.75, 3.05) is 19.6 Å². The van der Waals surface area contributed by atoms with Crippen LogP contribution in [0.4, 0.5) is 0 Å². The minimum Gasteiger partial charge on any atom is -0.329 e. The Morgan fingerprint density at radius 3 is 2.44 bits per heavy atom. The normalized spacial score (nSPS) is 23.7. The highest BCUT2D eigenvalue weighted by molar-refractivity contribution is 5.65. The Morgan fingerprint density at radius 2 is 1.74 bits per heavy atom. The molecule has 3 aromatic rings. The molecule has 2 aliphatic rings. The van der Waals surface area contributed by atoms with Gasteiger partial charge in [0.05, 0.1) is 25.3 Å². The summed E-state index contributed by atoms with van der Waals surface area (Å²) in [6.45, 7) is 6.60. The van der Waals surface area contributed by atoms with Crippen molar-refractivity contribution in [3.05, 3.63) is 84.3 Å². The highest BCUT2D eigenvalue weighted by atomic mass is 15.5. The molecule has 0 radical (unpaired) electrons. The smallest absolute Gasteiger partial charge is 0.222 e. The van der Waals surface area contributed by atoms with E-state index in [9.17, 15) is 0 Å². The summed E-state index contributed by atoms with van der Waals surface area (Å²) in [5, 5.41) is 3.83. The topological polar surface area (TPSA) is 29.9 Å². The van der Waals surface area contributed by atoms with Gasteiger partial charge in [0.25, 0.3) is 0 Å². The number of likely N-dealkylation sites (N-methyl/N-ethyl adjacent to an activating group) is 1. The summed E-state index contributed by atoms with van der Waals surface area (Å²) in [5.41, 5.74) is 4.72. The van der Waals surface area contributed by atoms with Crippen LogP contribution in [0.2, 0.25) is 0 Å². The first-order valence-electron chi connectivity index (χ1n) is 9.79. The van der Waals surface area contributed by atoms with Gasteiger partial charge in [0, 0.05) is 17.5 Å². The fourth-order valence-electron chi connectivity index (χ4n) is 4.42. The Hall–Kier alpha value is -2.85. The molecule has 27 heavy (non-hydrogen) atoms. The van der Waals surface area contributed by atoms with Crippen LogP contribution >= 0.6 is 0 Å². The fraction of sp³-hybridized carbons (Fsp3) is 0.261. The van der Waals surface area contributed by atoms with Crippen LogP contribution in [-0.2, 0) is 6.54 Å². The van der Waals surface area contributed by atoms with E-state index in [-0.39, 0.29) is 6.17 Å². The Labute approximate surface area is 160 Å². The maximum Gasteiger partial charge on any atom is 0.222 e. The number of nitrogens with zero attached hydrogens (tertiary/aromatic N) is 3. The van der Waals surface area contributed by atoms with Crippen molar-refractivity contribution in [1.82, 2.24) is 14.9 Å². The van der Waals surface area contributed by atoms with E-state index in [2.05, 4.69) is 89.7 Å². The highest BCUT2D eigenvalue weighted by Gasteiger charge is 2.45. The molecule has 3 heterocycles. The van der Waals surface area contributed by atoms with Gasteiger partial charge in [-0.2, -0.15) is 0 Å². The quantitative estimate of drug-likeness (QED) is 0.717. The van der Waals surface area contributed by atoms with Crippen molar-refractivity contribution in [2.45, 2.75) is 19.6 Å². The average Bonchev–Trinajstić information content (AvgIpc) is 3.19. The van der Waals surface area contributed by atoms with Crippen molar-refractivity contribution < 1.29 is 4.48 Å².